The van der Waals surface area contributed by atoms with Gasteiger partial charge in [0.15, 0.2) is 0 Å². The Morgan fingerprint density at radius 1 is 1.03 bits per heavy atom. The van der Waals surface area contributed by atoms with Gasteiger partial charge in [-0.2, -0.15) is 0 Å². The molecule has 2 aromatic carbocycles. The summed E-state index contributed by atoms with van der Waals surface area (Å²) in [6.45, 7) is 3.96. The number of hydrogen-bond acceptors (Lipinski definition) is 5. The van der Waals surface area contributed by atoms with Crippen molar-refractivity contribution >= 4 is 33.4 Å². The molecule has 6 nitrogen and oxygen atoms in total. The highest BCUT2D eigenvalue weighted by molar-refractivity contribution is 7.99. The molecule has 1 amide bonds. The highest BCUT2D eigenvalue weighted by Crippen LogP contribution is 2.27. The van der Waals surface area contributed by atoms with E-state index in [4.69, 9.17) is 0 Å². The van der Waals surface area contributed by atoms with Crippen LogP contribution < -0.4 is 10.0 Å². The van der Waals surface area contributed by atoms with Crippen LogP contribution in [-0.4, -0.2) is 25.9 Å². The van der Waals surface area contributed by atoms with E-state index < -0.39 is 10.0 Å². The minimum absolute atomic E-state index is 0.205. The molecule has 0 fully saturated rings. The number of benzene rings is 2. The lowest BCUT2D eigenvalue weighted by Crippen LogP contribution is -2.23. The first-order valence-corrected chi connectivity index (χ1v) is 11.0. The average molecular weight is 426 g/mol. The Kier molecular flexibility index (Phi) is 6.69. The number of pyridine rings is 1. The van der Waals surface area contributed by atoms with Crippen LogP contribution in [0.25, 0.3) is 0 Å². The third-order valence-electron chi connectivity index (χ3n) is 3.79. The molecule has 3 rings (SSSR count). The number of nitrogens with one attached hydrogen (secondary N) is 2. The SMILES string of the molecule is C=CCNC(=O)c1ccc(Sc2ccc(NS(=O)(=O)c3ccccc3)cc2)nc1. The number of anilines is 1. The van der Waals surface area contributed by atoms with Gasteiger partial charge in [-0.25, -0.2) is 13.4 Å². The van der Waals surface area contributed by atoms with Crippen LogP contribution in [0.5, 0.6) is 0 Å². The van der Waals surface area contributed by atoms with Crippen molar-refractivity contribution < 1.29 is 13.2 Å². The third kappa shape index (κ3) is 5.69. The summed E-state index contributed by atoms with van der Waals surface area (Å²) in [6.07, 6.45) is 3.13. The molecule has 0 radical (unpaired) electrons. The van der Waals surface area contributed by atoms with E-state index in [1.807, 2.05) is 0 Å². The molecule has 0 bridgehead atoms. The van der Waals surface area contributed by atoms with E-state index in [2.05, 4.69) is 21.6 Å². The Labute approximate surface area is 174 Å². The topological polar surface area (TPSA) is 88.2 Å². The molecule has 0 aliphatic carbocycles. The fourth-order valence-corrected chi connectivity index (χ4v) is 4.20. The molecular weight excluding hydrogens is 406 g/mol. The van der Waals surface area contributed by atoms with Crippen LogP contribution in [0, 0.1) is 0 Å². The average Bonchev–Trinajstić information content (AvgIpc) is 2.74. The van der Waals surface area contributed by atoms with Crippen molar-refractivity contribution in [3.63, 3.8) is 0 Å². The van der Waals surface area contributed by atoms with Gasteiger partial charge < -0.3 is 5.32 Å². The van der Waals surface area contributed by atoms with E-state index in [1.165, 1.54) is 18.0 Å². The predicted molar refractivity (Wildman–Crippen MR) is 115 cm³/mol. The molecule has 0 unspecified atom stereocenters. The summed E-state index contributed by atoms with van der Waals surface area (Å²) in [5.41, 5.74) is 0.947. The van der Waals surface area contributed by atoms with Gasteiger partial charge >= 0.3 is 0 Å². The second-order valence-corrected chi connectivity index (χ2v) is 8.71. The van der Waals surface area contributed by atoms with E-state index >= 15 is 0 Å². The van der Waals surface area contributed by atoms with Crippen LogP contribution >= 0.6 is 11.8 Å². The molecule has 1 heterocycles. The van der Waals surface area contributed by atoms with Crippen LogP contribution in [-0.2, 0) is 10.0 Å². The van der Waals surface area contributed by atoms with Gasteiger partial charge in [0.05, 0.1) is 10.5 Å². The lowest BCUT2D eigenvalue weighted by Gasteiger charge is -2.09. The van der Waals surface area contributed by atoms with Gasteiger partial charge in [0.2, 0.25) is 0 Å². The standard InChI is InChI=1S/C21H19N3O3S2/c1-2-14-22-21(25)16-8-13-20(23-15-16)28-18-11-9-17(10-12-18)24-29(26,27)19-6-4-3-5-7-19/h2-13,15,24H,1,14H2,(H,22,25). The Balaban J connectivity index is 1.63. The summed E-state index contributed by atoms with van der Waals surface area (Å²) < 4.78 is 27.3. The molecule has 0 spiro atoms. The van der Waals surface area contributed by atoms with Gasteiger partial charge in [-0.15, -0.1) is 6.58 Å². The van der Waals surface area contributed by atoms with E-state index in [1.54, 1.807) is 72.8 Å². The fraction of sp³-hybridized carbons (Fsp3) is 0.0476. The van der Waals surface area contributed by atoms with Crippen molar-refractivity contribution in [1.29, 1.82) is 0 Å². The van der Waals surface area contributed by atoms with Crippen LogP contribution in [0.2, 0.25) is 0 Å². The summed E-state index contributed by atoms with van der Waals surface area (Å²) in [7, 11) is -3.62. The largest absolute Gasteiger partial charge is 0.349 e. The van der Waals surface area contributed by atoms with Crippen LogP contribution in [0.3, 0.4) is 0 Å². The number of carbonyl (C=O) groups excluding carboxylic acids is 1. The molecule has 0 saturated carbocycles. The molecule has 2 N–H and O–H groups in total. The van der Waals surface area contributed by atoms with Gasteiger partial charge in [0.25, 0.3) is 15.9 Å². The van der Waals surface area contributed by atoms with Gasteiger partial charge in [0.1, 0.15) is 5.03 Å². The first-order valence-electron chi connectivity index (χ1n) is 8.69. The number of carbonyl (C=O) groups is 1. The Morgan fingerprint density at radius 3 is 2.38 bits per heavy atom. The molecule has 0 saturated heterocycles. The number of hydrogen-bond donors (Lipinski definition) is 2. The highest BCUT2D eigenvalue weighted by atomic mass is 32.2. The lowest BCUT2D eigenvalue weighted by atomic mass is 10.3. The zero-order valence-electron chi connectivity index (χ0n) is 15.4. The monoisotopic (exact) mass is 425 g/mol. The quantitative estimate of drug-likeness (QED) is 0.534. The molecule has 0 aliphatic heterocycles. The summed E-state index contributed by atoms with van der Waals surface area (Å²) >= 11 is 1.41. The van der Waals surface area contributed by atoms with E-state index in [-0.39, 0.29) is 10.8 Å². The van der Waals surface area contributed by atoms with Crippen molar-refractivity contribution in [3.05, 3.63) is 91.1 Å². The zero-order valence-corrected chi connectivity index (χ0v) is 17.0. The Bertz CT molecular complexity index is 1080. The second kappa shape index (κ2) is 9.40. The molecule has 29 heavy (non-hydrogen) atoms. The van der Waals surface area contributed by atoms with Crippen LogP contribution in [0.1, 0.15) is 10.4 Å². The zero-order chi connectivity index (χ0) is 20.7. The minimum atomic E-state index is -3.62. The number of nitrogens with zero attached hydrogens (tertiary/aromatic N) is 1. The van der Waals surface area contributed by atoms with Gasteiger partial charge in [-0.05, 0) is 48.5 Å². The molecule has 0 atom stereocenters. The smallest absolute Gasteiger partial charge is 0.261 e. The van der Waals surface area contributed by atoms with Crippen LogP contribution in [0.4, 0.5) is 5.69 Å². The molecular formula is C21H19N3O3S2. The molecule has 8 heteroatoms. The van der Waals surface area contributed by atoms with Gasteiger partial charge in [-0.3, -0.25) is 9.52 Å². The third-order valence-corrected chi connectivity index (χ3v) is 6.14. The number of amides is 1. The van der Waals surface area contributed by atoms with Crippen molar-refractivity contribution in [1.82, 2.24) is 10.3 Å². The number of sulfonamides is 1. The second-order valence-electron chi connectivity index (χ2n) is 5.93. The summed E-state index contributed by atoms with van der Waals surface area (Å²) in [6, 6.07) is 18.7. The number of rotatable bonds is 8. The normalized spacial score (nSPS) is 10.9. The van der Waals surface area contributed by atoms with Crippen molar-refractivity contribution in [3.8, 4) is 0 Å². The first kappa shape index (κ1) is 20.6. The summed E-state index contributed by atoms with van der Waals surface area (Å²) in [5.74, 6) is -0.205. The Hall–Kier alpha value is -3.10. The summed E-state index contributed by atoms with van der Waals surface area (Å²) in [5, 5.41) is 3.42. The highest BCUT2D eigenvalue weighted by Gasteiger charge is 2.13. The Morgan fingerprint density at radius 2 is 1.76 bits per heavy atom. The first-order chi connectivity index (χ1) is 14.0. The maximum absolute atomic E-state index is 12.4. The molecule has 0 aliphatic rings. The molecule has 3 aromatic rings. The number of aromatic nitrogens is 1. The van der Waals surface area contributed by atoms with E-state index in [0.29, 0.717) is 17.8 Å². The molecule has 1 aromatic heterocycles. The minimum Gasteiger partial charge on any atom is -0.349 e. The van der Waals surface area contributed by atoms with Gasteiger partial charge in [0, 0.05) is 23.3 Å². The van der Waals surface area contributed by atoms with Crippen molar-refractivity contribution in [2.45, 2.75) is 14.8 Å². The molecule has 148 valence electrons. The van der Waals surface area contributed by atoms with Gasteiger partial charge in [-0.1, -0.05) is 36.0 Å². The van der Waals surface area contributed by atoms with Crippen molar-refractivity contribution in [2.24, 2.45) is 0 Å². The van der Waals surface area contributed by atoms with E-state index in [9.17, 15) is 13.2 Å². The maximum atomic E-state index is 12.4. The van der Waals surface area contributed by atoms with E-state index in [0.717, 1.165) is 9.92 Å². The lowest BCUT2D eigenvalue weighted by molar-refractivity contribution is 0.0957. The van der Waals surface area contributed by atoms with Crippen molar-refractivity contribution in [2.75, 3.05) is 11.3 Å². The summed E-state index contributed by atoms with van der Waals surface area (Å²) in [4.78, 5) is 17.3. The fourth-order valence-electron chi connectivity index (χ4n) is 2.37. The maximum Gasteiger partial charge on any atom is 0.261 e. The predicted octanol–water partition coefficient (Wildman–Crippen LogP) is 3.95. The van der Waals surface area contributed by atoms with Crippen LogP contribution in [0.15, 0.2) is 100 Å².